The minimum absolute atomic E-state index is 0.0270. The molecule has 1 amide bonds. The Hall–Kier alpha value is -2.12. The molecule has 1 aliphatic heterocycles. The summed E-state index contributed by atoms with van der Waals surface area (Å²) < 4.78 is 5.66. The summed E-state index contributed by atoms with van der Waals surface area (Å²) in [7, 11) is 3.52. The van der Waals surface area contributed by atoms with Crippen LogP contribution in [0, 0.1) is 0 Å². The third-order valence-corrected chi connectivity index (χ3v) is 4.96. The second kappa shape index (κ2) is 12.4. The van der Waals surface area contributed by atoms with Crippen molar-refractivity contribution in [3.8, 4) is 0 Å². The third kappa shape index (κ3) is 9.28. The summed E-state index contributed by atoms with van der Waals surface area (Å²) in [6, 6.07) is 10.5. The van der Waals surface area contributed by atoms with Gasteiger partial charge in [0.05, 0.1) is 25.8 Å². The van der Waals surface area contributed by atoms with Crippen LogP contribution in [-0.4, -0.2) is 80.7 Å². The molecule has 0 bridgehead atoms. The van der Waals surface area contributed by atoms with Crippen molar-refractivity contribution in [2.45, 2.75) is 45.4 Å². The normalized spacial score (nSPS) is 16.1. The van der Waals surface area contributed by atoms with Gasteiger partial charge in [0.2, 0.25) is 5.91 Å². The number of hydrogen-bond donors (Lipinski definition) is 2. The lowest BCUT2D eigenvalue weighted by Gasteiger charge is -2.33. The lowest BCUT2D eigenvalue weighted by atomic mass is 10.1. The molecule has 1 aromatic carbocycles. The van der Waals surface area contributed by atoms with Gasteiger partial charge in [-0.3, -0.25) is 4.79 Å². The minimum Gasteiger partial charge on any atom is -0.377 e. The van der Waals surface area contributed by atoms with Crippen molar-refractivity contribution in [2.24, 2.45) is 4.99 Å². The van der Waals surface area contributed by atoms with Crippen LogP contribution in [0.15, 0.2) is 35.3 Å². The molecule has 1 heterocycles. The number of ether oxygens (including phenoxy) is 1. The molecule has 2 N–H and O–H groups in total. The second-order valence-corrected chi connectivity index (χ2v) is 7.97. The number of guanidine groups is 1. The van der Waals surface area contributed by atoms with Crippen LogP contribution < -0.4 is 10.6 Å². The van der Waals surface area contributed by atoms with E-state index in [1.807, 2.05) is 18.2 Å². The quantitative estimate of drug-likeness (QED) is 0.485. The van der Waals surface area contributed by atoms with E-state index in [2.05, 4.69) is 41.5 Å². The van der Waals surface area contributed by atoms with Gasteiger partial charge < -0.3 is 25.2 Å². The van der Waals surface area contributed by atoms with E-state index in [9.17, 15) is 4.79 Å². The van der Waals surface area contributed by atoms with Crippen molar-refractivity contribution in [3.63, 3.8) is 0 Å². The summed E-state index contributed by atoms with van der Waals surface area (Å²) >= 11 is 0. The van der Waals surface area contributed by atoms with Crippen LogP contribution in [-0.2, 0) is 16.1 Å². The molecule has 7 nitrogen and oxygen atoms in total. The van der Waals surface area contributed by atoms with Crippen molar-refractivity contribution >= 4 is 11.9 Å². The van der Waals surface area contributed by atoms with Crippen LogP contribution in [0.5, 0.6) is 0 Å². The zero-order chi connectivity index (χ0) is 21.1. The number of amides is 1. The Morgan fingerprint density at radius 2 is 1.93 bits per heavy atom. The van der Waals surface area contributed by atoms with Gasteiger partial charge in [0.15, 0.2) is 5.96 Å². The van der Waals surface area contributed by atoms with Gasteiger partial charge in [-0.2, -0.15) is 0 Å². The van der Waals surface area contributed by atoms with Crippen molar-refractivity contribution < 1.29 is 9.53 Å². The molecule has 1 aromatic rings. The largest absolute Gasteiger partial charge is 0.377 e. The van der Waals surface area contributed by atoms with Crippen LogP contribution >= 0.6 is 0 Å². The lowest BCUT2D eigenvalue weighted by Crippen LogP contribution is -2.50. The lowest BCUT2D eigenvalue weighted by molar-refractivity contribution is -0.127. The SMILES string of the molecule is CC(C)OCCN1CCC(NC(=NCc2ccccc2)NCC(=O)N(C)C)CC1. The van der Waals surface area contributed by atoms with E-state index in [0.29, 0.717) is 18.5 Å². The van der Waals surface area contributed by atoms with E-state index < -0.39 is 0 Å². The molecule has 7 heteroatoms. The number of nitrogens with one attached hydrogen (secondary N) is 2. The van der Waals surface area contributed by atoms with Crippen molar-refractivity contribution in [3.05, 3.63) is 35.9 Å². The number of aliphatic imine (C=N–C) groups is 1. The van der Waals surface area contributed by atoms with Gasteiger partial charge in [-0.25, -0.2) is 4.99 Å². The zero-order valence-corrected chi connectivity index (χ0v) is 18.4. The van der Waals surface area contributed by atoms with E-state index in [1.54, 1.807) is 19.0 Å². The fourth-order valence-corrected chi connectivity index (χ4v) is 3.14. The molecule has 1 saturated heterocycles. The summed E-state index contributed by atoms with van der Waals surface area (Å²) in [5.74, 6) is 0.727. The van der Waals surface area contributed by atoms with E-state index >= 15 is 0 Å². The highest BCUT2D eigenvalue weighted by atomic mass is 16.5. The number of carbonyl (C=O) groups is 1. The maximum absolute atomic E-state index is 12.0. The Morgan fingerprint density at radius 1 is 1.24 bits per heavy atom. The number of rotatable bonds is 9. The van der Waals surface area contributed by atoms with Crippen LogP contribution in [0.1, 0.15) is 32.3 Å². The number of likely N-dealkylation sites (tertiary alicyclic amines) is 1. The summed E-state index contributed by atoms with van der Waals surface area (Å²) in [5.41, 5.74) is 1.15. The fraction of sp³-hybridized carbons (Fsp3) is 0.636. The molecular weight excluding hydrogens is 366 g/mol. The molecule has 0 unspecified atom stereocenters. The van der Waals surface area contributed by atoms with Gasteiger partial charge >= 0.3 is 0 Å². The first-order valence-electron chi connectivity index (χ1n) is 10.6. The molecule has 0 atom stereocenters. The Labute approximate surface area is 175 Å². The monoisotopic (exact) mass is 403 g/mol. The van der Waals surface area contributed by atoms with Crippen LogP contribution in [0.4, 0.5) is 0 Å². The van der Waals surface area contributed by atoms with E-state index in [0.717, 1.165) is 44.6 Å². The summed E-state index contributed by atoms with van der Waals surface area (Å²) in [6.07, 6.45) is 2.39. The number of piperidine rings is 1. The number of likely N-dealkylation sites (N-methyl/N-ethyl adjacent to an activating group) is 1. The predicted molar refractivity (Wildman–Crippen MR) is 118 cm³/mol. The molecule has 0 saturated carbocycles. The fourth-order valence-electron chi connectivity index (χ4n) is 3.14. The zero-order valence-electron chi connectivity index (χ0n) is 18.4. The molecule has 0 aliphatic carbocycles. The third-order valence-electron chi connectivity index (χ3n) is 4.96. The summed E-state index contributed by atoms with van der Waals surface area (Å²) in [4.78, 5) is 20.7. The highest BCUT2D eigenvalue weighted by Gasteiger charge is 2.20. The molecular formula is C22H37N5O2. The Morgan fingerprint density at radius 3 is 2.55 bits per heavy atom. The van der Waals surface area contributed by atoms with Gasteiger partial charge in [0.25, 0.3) is 0 Å². The summed E-state index contributed by atoms with van der Waals surface area (Å²) in [5, 5.41) is 6.72. The predicted octanol–water partition coefficient (Wildman–Crippen LogP) is 1.70. The molecule has 0 radical (unpaired) electrons. The molecule has 0 aromatic heterocycles. The van der Waals surface area contributed by atoms with Crippen LogP contribution in [0.3, 0.4) is 0 Å². The van der Waals surface area contributed by atoms with Crippen molar-refractivity contribution in [2.75, 3.05) is 46.9 Å². The average Bonchev–Trinajstić information content (AvgIpc) is 2.71. The van der Waals surface area contributed by atoms with Crippen LogP contribution in [0.25, 0.3) is 0 Å². The van der Waals surface area contributed by atoms with Gasteiger partial charge in [-0.15, -0.1) is 0 Å². The number of nitrogens with zero attached hydrogens (tertiary/aromatic N) is 3. The number of carbonyl (C=O) groups excluding carboxylic acids is 1. The molecule has 29 heavy (non-hydrogen) atoms. The number of benzene rings is 1. The van der Waals surface area contributed by atoms with Crippen LogP contribution in [0.2, 0.25) is 0 Å². The smallest absolute Gasteiger partial charge is 0.241 e. The second-order valence-electron chi connectivity index (χ2n) is 7.97. The van der Waals surface area contributed by atoms with Gasteiger partial charge in [0, 0.05) is 39.8 Å². The molecule has 162 valence electrons. The maximum Gasteiger partial charge on any atom is 0.241 e. The molecule has 0 spiro atoms. The first-order valence-corrected chi connectivity index (χ1v) is 10.6. The maximum atomic E-state index is 12.0. The highest BCUT2D eigenvalue weighted by Crippen LogP contribution is 2.10. The number of hydrogen-bond acceptors (Lipinski definition) is 4. The van der Waals surface area contributed by atoms with Gasteiger partial charge in [-0.1, -0.05) is 30.3 Å². The molecule has 1 aliphatic rings. The highest BCUT2D eigenvalue weighted by molar-refractivity contribution is 5.86. The summed E-state index contributed by atoms with van der Waals surface area (Å²) in [6.45, 7) is 8.81. The molecule has 1 fully saturated rings. The molecule has 2 rings (SSSR count). The van der Waals surface area contributed by atoms with Crippen molar-refractivity contribution in [1.29, 1.82) is 0 Å². The van der Waals surface area contributed by atoms with Crippen molar-refractivity contribution in [1.82, 2.24) is 20.4 Å². The Balaban J connectivity index is 1.85. The first kappa shape index (κ1) is 23.2. The minimum atomic E-state index is 0.0270. The van der Waals surface area contributed by atoms with E-state index in [-0.39, 0.29) is 18.6 Å². The van der Waals surface area contributed by atoms with E-state index in [4.69, 9.17) is 9.73 Å². The van der Waals surface area contributed by atoms with E-state index in [1.165, 1.54) is 0 Å². The first-order chi connectivity index (χ1) is 13.9. The average molecular weight is 404 g/mol. The Kier molecular flexibility index (Phi) is 9.94. The standard InChI is InChI=1S/C22H37N5O2/c1-18(2)29-15-14-27-12-10-20(11-13-27)25-22(24-17-21(28)26(3)4)23-16-19-8-6-5-7-9-19/h5-9,18,20H,10-17H2,1-4H3,(H2,23,24,25). The Bertz CT molecular complexity index is 625. The topological polar surface area (TPSA) is 69.2 Å². The van der Waals surface area contributed by atoms with Gasteiger partial charge in [-0.05, 0) is 32.3 Å². The van der Waals surface area contributed by atoms with Gasteiger partial charge in [0.1, 0.15) is 0 Å².